The van der Waals surface area contributed by atoms with Crippen LogP contribution >= 0.6 is 0 Å². The first-order valence-electron chi connectivity index (χ1n) is 4.12. The van der Waals surface area contributed by atoms with Crippen LogP contribution in [0.15, 0.2) is 16.8 Å². The van der Waals surface area contributed by atoms with Crippen LogP contribution in [-0.2, 0) is 6.54 Å². The summed E-state index contributed by atoms with van der Waals surface area (Å²) in [6, 6.07) is 1.72. The lowest BCUT2D eigenvalue weighted by atomic mass is 10.4. The zero-order valence-electron chi connectivity index (χ0n) is 7.64. The first-order chi connectivity index (χ1) is 6.79. The van der Waals surface area contributed by atoms with E-state index in [9.17, 15) is 0 Å². The largest absolute Gasteiger partial charge is 0.338 e. The number of hydrogen-bond donors (Lipinski definition) is 1. The van der Waals surface area contributed by atoms with Crippen LogP contribution in [0, 0.1) is 6.92 Å². The van der Waals surface area contributed by atoms with Crippen molar-refractivity contribution in [2.75, 3.05) is 0 Å². The molecule has 2 N–H and O–H groups in total. The minimum atomic E-state index is 0.233. The molecule has 0 fully saturated rings. The van der Waals surface area contributed by atoms with Crippen molar-refractivity contribution in [2.45, 2.75) is 13.5 Å². The molecule has 0 aliphatic heterocycles. The number of hydrogen-bond acceptors (Lipinski definition) is 6. The van der Waals surface area contributed by atoms with Crippen LogP contribution in [0.25, 0.3) is 11.5 Å². The molecule has 0 saturated heterocycles. The minimum absolute atomic E-state index is 0.233. The highest BCUT2D eigenvalue weighted by Crippen LogP contribution is 2.11. The van der Waals surface area contributed by atoms with Crippen LogP contribution in [-0.4, -0.2) is 20.1 Å². The summed E-state index contributed by atoms with van der Waals surface area (Å²) in [5.41, 5.74) is 5.98. The fourth-order valence-corrected chi connectivity index (χ4v) is 1.02. The number of aryl methyl sites for hydroxylation is 1. The lowest BCUT2D eigenvalue weighted by molar-refractivity contribution is 0.380. The quantitative estimate of drug-likeness (QED) is 0.733. The van der Waals surface area contributed by atoms with E-state index >= 15 is 0 Å². The first-order valence-corrected chi connectivity index (χ1v) is 4.12. The third-order valence-corrected chi connectivity index (χ3v) is 1.65. The highest BCUT2D eigenvalue weighted by molar-refractivity contribution is 5.46. The second kappa shape index (κ2) is 3.51. The number of aromatic nitrogens is 4. The van der Waals surface area contributed by atoms with Crippen molar-refractivity contribution in [1.82, 2.24) is 20.1 Å². The summed E-state index contributed by atoms with van der Waals surface area (Å²) in [5, 5.41) is 3.74. The molecule has 6 nitrogen and oxygen atoms in total. The molecular formula is C8H9N5O. The van der Waals surface area contributed by atoms with E-state index in [2.05, 4.69) is 20.1 Å². The van der Waals surface area contributed by atoms with Crippen molar-refractivity contribution in [3.05, 3.63) is 24.0 Å². The normalized spacial score (nSPS) is 10.4. The molecule has 0 saturated carbocycles. The van der Waals surface area contributed by atoms with Gasteiger partial charge in [-0.15, -0.1) is 0 Å². The van der Waals surface area contributed by atoms with Gasteiger partial charge in [-0.1, -0.05) is 5.16 Å². The van der Waals surface area contributed by atoms with Gasteiger partial charge in [-0.25, -0.2) is 9.97 Å². The zero-order chi connectivity index (χ0) is 9.97. The Bertz CT molecular complexity index is 439. The number of rotatable bonds is 2. The molecule has 0 unspecified atom stereocenters. The van der Waals surface area contributed by atoms with Crippen molar-refractivity contribution < 1.29 is 4.52 Å². The van der Waals surface area contributed by atoms with Crippen molar-refractivity contribution >= 4 is 0 Å². The van der Waals surface area contributed by atoms with Gasteiger partial charge >= 0.3 is 0 Å². The Morgan fingerprint density at radius 3 is 2.93 bits per heavy atom. The summed E-state index contributed by atoms with van der Waals surface area (Å²) in [6.45, 7) is 2.03. The second-order valence-corrected chi connectivity index (χ2v) is 2.70. The van der Waals surface area contributed by atoms with Crippen LogP contribution in [0.4, 0.5) is 0 Å². The molecule has 14 heavy (non-hydrogen) atoms. The molecule has 2 aromatic rings. The molecule has 0 amide bonds. The van der Waals surface area contributed by atoms with Crippen LogP contribution in [0.3, 0.4) is 0 Å². The van der Waals surface area contributed by atoms with Gasteiger partial charge in [-0.2, -0.15) is 4.98 Å². The van der Waals surface area contributed by atoms with Gasteiger partial charge in [0.1, 0.15) is 11.5 Å². The monoisotopic (exact) mass is 191 g/mol. The molecule has 6 heteroatoms. The van der Waals surface area contributed by atoms with Gasteiger partial charge in [-0.05, 0) is 13.0 Å². The first kappa shape index (κ1) is 8.76. The van der Waals surface area contributed by atoms with Gasteiger partial charge in [0.05, 0.1) is 6.54 Å². The molecule has 72 valence electrons. The SMILES string of the molecule is Cc1nccc(-c2noc(CN)n2)n1. The van der Waals surface area contributed by atoms with E-state index < -0.39 is 0 Å². The van der Waals surface area contributed by atoms with E-state index in [-0.39, 0.29) is 6.54 Å². The average Bonchev–Trinajstić information content (AvgIpc) is 2.66. The molecule has 0 bridgehead atoms. The van der Waals surface area contributed by atoms with Crippen molar-refractivity contribution in [3.8, 4) is 11.5 Å². The minimum Gasteiger partial charge on any atom is -0.338 e. The molecule has 2 heterocycles. The van der Waals surface area contributed by atoms with Crippen LogP contribution in [0.2, 0.25) is 0 Å². The molecule has 0 aliphatic rings. The predicted octanol–water partition coefficient (Wildman–Crippen LogP) is 0.294. The Balaban J connectivity index is 2.39. The van der Waals surface area contributed by atoms with E-state index in [0.29, 0.717) is 23.2 Å². The summed E-state index contributed by atoms with van der Waals surface area (Å²) in [5.74, 6) is 1.51. The van der Waals surface area contributed by atoms with E-state index in [4.69, 9.17) is 10.3 Å². The van der Waals surface area contributed by atoms with Gasteiger partial charge in [0.25, 0.3) is 0 Å². The zero-order valence-corrected chi connectivity index (χ0v) is 7.64. The highest BCUT2D eigenvalue weighted by Gasteiger charge is 2.08. The lowest BCUT2D eigenvalue weighted by Gasteiger charge is -1.93. The molecule has 0 aromatic carbocycles. The van der Waals surface area contributed by atoms with Crippen LogP contribution < -0.4 is 5.73 Å². The third-order valence-electron chi connectivity index (χ3n) is 1.65. The standard InChI is InChI=1S/C8H9N5O/c1-5-10-3-2-6(11-5)8-12-7(4-9)14-13-8/h2-3H,4,9H2,1H3. The number of nitrogens with zero attached hydrogens (tertiary/aromatic N) is 4. The Hall–Kier alpha value is -1.82. The van der Waals surface area contributed by atoms with Crippen LogP contribution in [0.1, 0.15) is 11.7 Å². The molecule has 2 aromatic heterocycles. The second-order valence-electron chi connectivity index (χ2n) is 2.70. The summed E-state index contributed by atoms with van der Waals surface area (Å²) in [6.07, 6.45) is 1.65. The van der Waals surface area contributed by atoms with Gasteiger partial charge in [0.2, 0.25) is 11.7 Å². The Morgan fingerprint density at radius 1 is 1.43 bits per heavy atom. The molecular weight excluding hydrogens is 182 g/mol. The summed E-state index contributed by atoms with van der Waals surface area (Å²) < 4.78 is 4.86. The molecule has 0 aliphatic carbocycles. The Labute approximate surface area is 80.2 Å². The lowest BCUT2D eigenvalue weighted by Crippen LogP contribution is -1.96. The molecule has 0 radical (unpaired) electrons. The molecule has 0 spiro atoms. The van der Waals surface area contributed by atoms with Gasteiger partial charge in [0.15, 0.2) is 0 Å². The van der Waals surface area contributed by atoms with Crippen molar-refractivity contribution in [3.63, 3.8) is 0 Å². The van der Waals surface area contributed by atoms with E-state index in [1.54, 1.807) is 19.2 Å². The average molecular weight is 191 g/mol. The van der Waals surface area contributed by atoms with Gasteiger partial charge in [0, 0.05) is 6.20 Å². The predicted molar refractivity (Wildman–Crippen MR) is 48.0 cm³/mol. The highest BCUT2D eigenvalue weighted by atomic mass is 16.5. The van der Waals surface area contributed by atoms with E-state index in [0.717, 1.165) is 0 Å². The summed E-state index contributed by atoms with van der Waals surface area (Å²) in [4.78, 5) is 12.2. The maximum Gasteiger partial charge on any atom is 0.240 e. The summed E-state index contributed by atoms with van der Waals surface area (Å²) >= 11 is 0. The van der Waals surface area contributed by atoms with Gasteiger partial charge in [-0.3, -0.25) is 0 Å². The fraction of sp³-hybridized carbons (Fsp3) is 0.250. The Kier molecular flexibility index (Phi) is 2.19. The smallest absolute Gasteiger partial charge is 0.240 e. The third kappa shape index (κ3) is 1.60. The maximum atomic E-state index is 5.34. The van der Waals surface area contributed by atoms with E-state index in [1.165, 1.54) is 0 Å². The number of nitrogens with two attached hydrogens (primary N) is 1. The van der Waals surface area contributed by atoms with Crippen molar-refractivity contribution in [1.29, 1.82) is 0 Å². The molecule has 0 atom stereocenters. The Morgan fingerprint density at radius 2 is 2.29 bits per heavy atom. The summed E-state index contributed by atoms with van der Waals surface area (Å²) in [7, 11) is 0. The van der Waals surface area contributed by atoms with Gasteiger partial charge < -0.3 is 10.3 Å². The fourth-order valence-electron chi connectivity index (χ4n) is 1.02. The topological polar surface area (TPSA) is 90.7 Å². The molecule has 2 rings (SSSR count). The van der Waals surface area contributed by atoms with Crippen molar-refractivity contribution in [2.24, 2.45) is 5.73 Å². The van der Waals surface area contributed by atoms with E-state index in [1.807, 2.05) is 0 Å². The van der Waals surface area contributed by atoms with Crippen LogP contribution in [0.5, 0.6) is 0 Å². The maximum absolute atomic E-state index is 5.34.